The Bertz CT molecular complexity index is 601. The van der Waals surface area contributed by atoms with E-state index in [1.807, 2.05) is 0 Å². The average Bonchev–Trinajstić information content (AvgIpc) is 2.39. The van der Waals surface area contributed by atoms with Crippen LogP contribution in [0.5, 0.6) is 5.75 Å². The summed E-state index contributed by atoms with van der Waals surface area (Å²) < 4.78 is 18.7. The van der Waals surface area contributed by atoms with Crippen LogP contribution in [0.2, 0.25) is 0 Å². The molecule has 0 aromatic heterocycles. The number of hydrogen-bond acceptors (Lipinski definition) is 3. The van der Waals surface area contributed by atoms with Gasteiger partial charge in [0.25, 0.3) is 5.69 Å². The van der Waals surface area contributed by atoms with Crippen molar-refractivity contribution in [2.75, 3.05) is 0 Å². The van der Waals surface area contributed by atoms with E-state index in [-0.39, 0.29) is 18.1 Å². The molecule has 0 atom stereocenters. The molecule has 2 rings (SSSR count). The molecule has 0 N–H and O–H groups in total. The minimum absolute atomic E-state index is 0.0171. The summed E-state index contributed by atoms with van der Waals surface area (Å²) in [6, 6.07) is 10.2. The molecule has 0 bridgehead atoms. The third kappa shape index (κ3) is 3.51. The van der Waals surface area contributed by atoms with Crippen molar-refractivity contribution in [1.29, 1.82) is 0 Å². The number of nitrogens with zero attached hydrogens (tertiary/aromatic N) is 1. The Kier molecular flexibility index (Phi) is 4.11. The smallest absolute Gasteiger partial charge is 0.277 e. The summed E-state index contributed by atoms with van der Waals surface area (Å²) in [5.74, 6) is 0.0978. The summed E-state index contributed by atoms with van der Waals surface area (Å²) in [4.78, 5) is 10.4. The van der Waals surface area contributed by atoms with Crippen molar-refractivity contribution in [3.8, 4) is 5.75 Å². The van der Waals surface area contributed by atoms with Crippen LogP contribution in [-0.4, -0.2) is 4.92 Å². The summed E-state index contributed by atoms with van der Waals surface area (Å²) in [6.45, 7) is 0.0508. The van der Waals surface area contributed by atoms with E-state index in [0.717, 1.165) is 0 Å². The number of nitro groups is 1. The Hall–Kier alpha value is -1.95. The third-order valence-corrected chi connectivity index (χ3v) is 2.95. The van der Waals surface area contributed by atoms with E-state index >= 15 is 0 Å². The van der Waals surface area contributed by atoms with Crippen molar-refractivity contribution in [1.82, 2.24) is 0 Å². The highest BCUT2D eigenvalue weighted by molar-refractivity contribution is 9.10. The Morgan fingerprint density at radius 2 is 1.89 bits per heavy atom. The molecular formula is C13H9BrFNO3. The zero-order chi connectivity index (χ0) is 13.8. The molecule has 0 unspecified atom stereocenters. The molecular weight excluding hydrogens is 317 g/mol. The predicted molar refractivity (Wildman–Crippen MR) is 71.5 cm³/mol. The van der Waals surface area contributed by atoms with Gasteiger partial charge in [0.1, 0.15) is 18.2 Å². The van der Waals surface area contributed by atoms with E-state index in [2.05, 4.69) is 15.9 Å². The molecule has 0 saturated carbocycles. The Balaban J connectivity index is 2.15. The van der Waals surface area contributed by atoms with Gasteiger partial charge in [0.05, 0.1) is 10.5 Å². The van der Waals surface area contributed by atoms with Gasteiger partial charge in [-0.05, 0) is 36.4 Å². The second kappa shape index (κ2) is 5.79. The molecule has 19 heavy (non-hydrogen) atoms. The summed E-state index contributed by atoms with van der Waals surface area (Å²) in [5.41, 5.74) is 0.439. The largest absolute Gasteiger partial charge is 0.489 e. The lowest BCUT2D eigenvalue weighted by Gasteiger charge is -2.07. The van der Waals surface area contributed by atoms with Crippen LogP contribution < -0.4 is 4.74 Å². The van der Waals surface area contributed by atoms with E-state index in [9.17, 15) is 14.5 Å². The molecule has 0 aliphatic rings. The van der Waals surface area contributed by atoms with Crippen LogP contribution in [0.1, 0.15) is 5.56 Å². The van der Waals surface area contributed by atoms with Gasteiger partial charge in [0, 0.05) is 10.5 Å². The second-order valence-electron chi connectivity index (χ2n) is 3.77. The van der Waals surface area contributed by atoms with Crippen molar-refractivity contribution in [2.24, 2.45) is 0 Å². The lowest BCUT2D eigenvalue weighted by atomic mass is 10.2. The molecule has 6 heteroatoms. The topological polar surface area (TPSA) is 52.4 Å². The van der Waals surface area contributed by atoms with Crippen LogP contribution in [-0.2, 0) is 6.61 Å². The maximum absolute atomic E-state index is 12.7. The molecule has 0 fully saturated rings. The lowest BCUT2D eigenvalue weighted by Crippen LogP contribution is -2.00. The first-order valence-corrected chi connectivity index (χ1v) is 6.17. The summed E-state index contributed by atoms with van der Waals surface area (Å²) in [5, 5.41) is 10.9. The molecule has 0 heterocycles. The van der Waals surface area contributed by atoms with Crippen molar-refractivity contribution in [3.63, 3.8) is 0 Å². The minimum Gasteiger partial charge on any atom is -0.489 e. The number of benzene rings is 2. The van der Waals surface area contributed by atoms with E-state index in [1.165, 1.54) is 30.3 Å². The van der Waals surface area contributed by atoms with Crippen LogP contribution in [0.15, 0.2) is 46.9 Å². The van der Waals surface area contributed by atoms with E-state index in [0.29, 0.717) is 15.8 Å². The van der Waals surface area contributed by atoms with Gasteiger partial charge in [-0.15, -0.1) is 0 Å². The Labute approximate surface area is 117 Å². The van der Waals surface area contributed by atoms with Crippen molar-refractivity contribution in [3.05, 3.63) is 68.4 Å². The first kappa shape index (κ1) is 13.5. The average molecular weight is 326 g/mol. The normalized spacial score (nSPS) is 10.2. The van der Waals surface area contributed by atoms with E-state index < -0.39 is 4.92 Å². The number of rotatable bonds is 4. The molecule has 4 nitrogen and oxygen atoms in total. The fourth-order valence-electron chi connectivity index (χ4n) is 1.52. The third-order valence-electron chi connectivity index (χ3n) is 2.45. The van der Waals surface area contributed by atoms with Crippen LogP contribution in [0.3, 0.4) is 0 Å². The van der Waals surface area contributed by atoms with Crippen LogP contribution in [0.25, 0.3) is 0 Å². The van der Waals surface area contributed by atoms with E-state index in [4.69, 9.17) is 4.74 Å². The molecule has 0 radical (unpaired) electrons. The van der Waals surface area contributed by atoms with E-state index in [1.54, 1.807) is 12.1 Å². The Morgan fingerprint density at radius 3 is 2.53 bits per heavy atom. The molecule has 0 spiro atoms. The van der Waals surface area contributed by atoms with Crippen molar-refractivity contribution >= 4 is 21.6 Å². The maximum Gasteiger partial charge on any atom is 0.277 e. The number of halogens is 2. The fraction of sp³-hybridized carbons (Fsp3) is 0.0769. The second-order valence-corrected chi connectivity index (χ2v) is 4.69. The van der Waals surface area contributed by atoms with Gasteiger partial charge < -0.3 is 4.74 Å². The first-order chi connectivity index (χ1) is 9.06. The zero-order valence-corrected chi connectivity index (χ0v) is 11.3. The molecule has 2 aromatic rings. The maximum atomic E-state index is 12.7. The van der Waals surface area contributed by atoms with Crippen LogP contribution >= 0.6 is 15.9 Å². The number of hydrogen-bond donors (Lipinski definition) is 0. The van der Waals surface area contributed by atoms with Gasteiger partial charge in [-0.3, -0.25) is 10.1 Å². The highest BCUT2D eigenvalue weighted by Gasteiger charge is 2.14. The molecule has 0 aliphatic heterocycles. The highest BCUT2D eigenvalue weighted by Crippen LogP contribution is 2.25. The first-order valence-electron chi connectivity index (χ1n) is 5.37. The van der Waals surface area contributed by atoms with Gasteiger partial charge in [0.2, 0.25) is 0 Å². The summed E-state index contributed by atoms with van der Waals surface area (Å²) in [6.07, 6.45) is 0. The molecule has 98 valence electrons. The zero-order valence-electron chi connectivity index (χ0n) is 9.68. The van der Waals surface area contributed by atoms with Gasteiger partial charge in [-0.1, -0.05) is 15.9 Å². The summed E-state index contributed by atoms with van der Waals surface area (Å²) in [7, 11) is 0. The fourth-order valence-corrected chi connectivity index (χ4v) is 1.87. The molecule has 0 aliphatic carbocycles. The molecule has 0 saturated heterocycles. The standard InChI is InChI=1S/C13H9BrFNO3/c14-10-2-1-9(13(7-10)16(17)18)8-19-12-5-3-11(15)4-6-12/h1-7H,8H2. The van der Waals surface area contributed by atoms with Gasteiger partial charge in [0.15, 0.2) is 0 Å². The van der Waals surface area contributed by atoms with Crippen LogP contribution in [0.4, 0.5) is 10.1 Å². The molecule has 2 aromatic carbocycles. The summed E-state index contributed by atoms with van der Waals surface area (Å²) >= 11 is 3.18. The van der Waals surface area contributed by atoms with Crippen molar-refractivity contribution in [2.45, 2.75) is 6.61 Å². The van der Waals surface area contributed by atoms with Gasteiger partial charge >= 0.3 is 0 Å². The number of ether oxygens (including phenoxy) is 1. The van der Waals surface area contributed by atoms with Gasteiger partial charge in [-0.25, -0.2) is 4.39 Å². The Morgan fingerprint density at radius 1 is 1.21 bits per heavy atom. The van der Waals surface area contributed by atoms with Crippen molar-refractivity contribution < 1.29 is 14.1 Å². The lowest BCUT2D eigenvalue weighted by molar-refractivity contribution is -0.385. The van der Waals surface area contributed by atoms with Gasteiger partial charge in [-0.2, -0.15) is 0 Å². The minimum atomic E-state index is -0.464. The predicted octanol–water partition coefficient (Wildman–Crippen LogP) is 4.08. The highest BCUT2D eigenvalue weighted by atomic mass is 79.9. The number of nitro benzene ring substituents is 1. The SMILES string of the molecule is O=[N+]([O-])c1cc(Br)ccc1COc1ccc(F)cc1. The molecule has 0 amide bonds. The monoisotopic (exact) mass is 325 g/mol. The van der Waals surface area contributed by atoms with Crippen LogP contribution in [0, 0.1) is 15.9 Å². The quantitative estimate of drug-likeness (QED) is 0.628.